The molecule has 31 heavy (non-hydrogen) atoms. The molecule has 1 aromatic carbocycles. The number of furan rings is 1. The Kier molecular flexibility index (Phi) is 6.21. The van der Waals surface area contributed by atoms with E-state index in [0.29, 0.717) is 10.6 Å². The van der Waals surface area contributed by atoms with Crippen molar-refractivity contribution in [3.8, 4) is 0 Å². The Balaban J connectivity index is 1.33. The van der Waals surface area contributed by atoms with Crippen LogP contribution in [0.4, 0.5) is 0 Å². The zero-order chi connectivity index (χ0) is 21.8. The van der Waals surface area contributed by atoms with Gasteiger partial charge in [-0.05, 0) is 73.7 Å². The van der Waals surface area contributed by atoms with E-state index in [9.17, 15) is 18.0 Å². The number of rotatable bonds is 6. The van der Waals surface area contributed by atoms with Crippen molar-refractivity contribution < 1.29 is 22.4 Å². The maximum Gasteiger partial charge on any atom is 0.279 e. The average Bonchev–Trinajstić information content (AvgIpc) is 3.45. The van der Waals surface area contributed by atoms with Gasteiger partial charge in [-0.15, -0.1) is 11.3 Å². The van der Waals surface area contributed by atoms with Crippen LogP contribution < -0.4 is 15.6 Å². The predicted molar refractivity (Wildman–Crippen MR) is 115 cm³/mol. The summed E-state index contributed by atoms with van der Waals surface area (Å²) in [6.07, 6.45) is 5.70. The van der Waals surface area contributed by atoms with Crippen molar-refractivity contribution >= 4 is 33.2 Å². The molecular weight excluding hydrogens is 438 g/mol. The van der Waals surface area contributed by atoms with Gasteiger partial charge in [-0.1, -0.05) is 0 Å². The minimum atomic E-state index is -3.75. The van der Waals surface area contributed by atoms with Crippen molar-refractivity contribution in [3.63, 3.8) is 0 Å². The summed E-state index contributed by atoms with van der Waals surface area (Å²) in [7, 11) is -3.75. The molecule has 4 rings (SSSR count). The standard InChI is InChI=1S/C21H21N3O5S2/c25-20(23-24-21(26)19-12-15-4-1-2-6-18(15)30-19)14-7-9-17(10-8-14)31(27,28)22-13-16-5-3-11-29-16/h3,5,7-12,22H,1-2,4,6,13H2,(H,23,25)(H,24,26). The highest BCUT2D eigenvalue weighted by atomic mass is 32.2. The molecule has 2 aromatic heterocycles. The number of carbonyl (C=O) groups excluding carboxylic acids is 2. The maximum atomic E-state index is 12.4. The monoisotopic (exact) mass is 459 g/mol. The molecule has 0 aliphatic heterocycles. The van der Waals surface area contributed by atoms with Gasteiger partial charge in [0.25, 0.3) is 11.8 Å². The van der Waals surface area contributed by atoms with E-state index in [1.165, 1.54) is 52.3 Å². The summed E-state index contributed by atoms with van der Waals surface area (Å²) in [5.74, 6) is -0.418. The Hall–Kier alpha value is -2.95. The van der Waals surface area contributed by atoms with E-state index in [-0.39, 0.29) is 22.9 Å². The topological polar surface area (TPSA) is 118 Å². The molecule has 2 heterocycles. The molecule has 0 saturated carbocycles. The van der Waals surface area contributed by atoms with Crippen LogP contribution in [-0.4, -0.2) is 20.2 Å². The van der Waals surface area contributed by atoms with Gasteiger partial charge in [0.05, 0.1) is 22.6 Å². The number of aryl methyl sites for hydroxylation is 2. The number of hydrogen-bond acceptors (Lipinski definition) is 6. The van der Waals surface area contributed by atoms with Gasteiger partial charge < -0.3 is 4.42 Å². The van der Waals surface area contributed by atoms with E-state index in [2.05, 4.69) is 15.6 Å². The minimum absolute atomic E-state index is 0.0174. The smallest absolute Gasteiger partial charge is 0.279 e. The third-order valence-corrected chi connectivity index (χ3v) is 7.61. The summed E-state index contributed by atoms with van der Waals surface area (Å²) in [5, 5.41) is 0. The molecule has 0 fully saturated rings. The Morgan fingerprint density at radius 1 is 1.00 bits per heavy atom. The van der Waals surface area contributed by atoms with E-state index >= 15 is 0 Å². The number of fused-ring (bicyclic) bond motifs is 1. The summed E-state index contributed by atoms with van der Waals surface area (Å²) in [6, 6.07) is 10.6. The summed E-state index contributed by atoms with van der Waals surface area (Å²) in [5.41, 5.74) is 6.22. The van der Waals surface area contributed by atoms with Crippen LogP contribution in [-0.2, 0) is 29.4 Å². The molecule has 0 atom stereocenters. The molecular formula is C21H21N3O5S2. The van der Waals surface area contributed by atoms with Crippen LogP contribution in [0.2, 0.25) is 0 Å². The lowest BCUT2D eigenvalue weighted by Crippen LogP contribution is -2.41. The minimum Gasteiger partial charge on any atom is -0.468 e. The molecule has 0 unspecified atom stereocenters. The fraction of sp³-hybridized carbons (Fsp3) is 0.238. The molecule has 1 aliphatic rings. The summed E-state index contributed by atoms with van der Waals surface area (Å²) < 4.78 is 32.2. The number of benzene rings is 1. The maximum absolute atomic E-state index is 12.4. The molecule has 3 N–H and O–H groups in total. The number of hydrogen-bond donors (Lipinski definition) is 3. The number of hydrazine groups is 1. The van der Waals surface area contributed by atoms with Gasteiger partial charge in [0.1, 0.15) is 5.76 Å². The largest absolute Gasteiger partial charge is 0.468 e. The molecule has 0 bridgehead atoms. The quantitative estimate of drug-likeness (QED) is 0.490. The first-order valence-corrected chi connectivity index (χ1v) is 12.1. The second-order valence-corrected chi connectivity index (χ2v) is 10.0. The van der Waals surface area contributed by atoms with Crippen molar-refractivity contribution in [1.29, 1.82) is 0 Å². The molecule has 3 aromatic rings. The molecule has 162 valence electrons. The first-order valence-electron chi connectivity index (χ1n) is 9.77. The zero-order valence-electron chi connectivity index (χ0n) is 16.5. The highest BCUT2D eigenvalue weighted by Crippen LogP contribution is 2.29. The fourth-order valence-corrected chi connectivity index (χ4v) is 5.44. The van der Waals surface area contributed by atoms with Crippen LogP contribution in [0.1, 0.15) is 49.1 Å². The van der Waals surface area contributed by atoms with E-state index < -0.39 is 15.9 Å². The number of carbonyl (C=O) groups is 2. The van der Waals surface area contributed by atoms with Crippen LogP contribution >= 0.6 is 11.3 Å². The van der Waals surface area contributed by atoms with E-state index in [0.717, 1.165) is 25.7 Å². The van der Waals surface area contributed by atoms with Gasteiger partial charge in [-0.2, -0.15) is 0 Å². The number of thiophene rings is 1. The average molecular weight is 460 g/mol. The van der Waals surface area contributed by atoms with Crippen LogP contribution in [0.5, 0.6) is 0 Å². The third kappa shape index (κ3) is 5.04. The lowest BCUT2D eigenvalue weighted by Gasteiger charge is -2.08. The number of amides is 2. The first-order chi connectivity index (χ1) is 14.9. The van der Waals surface area contributed by atoms with Gasteiger partial charge >= 0.3 is 0 Å². The molecule has 0 spiro atoms. The second-order valence-electron chi connectivity index (χ2n) is 7.10. The Labute approximate surface area is 183 Å². The molecule has 0 radical (unpaired) electrons. The van der Waals surface area contributed by atoms with Crippen molar-refractivity contribution in [2.24, 2.45) is 0 Å². The molecule has 10 heteroatoms. The summed E-state index contributed by atoms with van der Waals surface area (Å²) in [6.45, 7) is 0.0236. The van der Waals surface area contributed by atoms with E-state index in [1.807, 2.05) is 6.07 Å². The highest BCUT2D eigenvalue weighted by molar-refractivity contribution is 7.89. The van der Waals surface area contributed by atoms with Crippen LogP contribution in [0.25, 0.3) is 0 Å². The fourth-order valence-electron chi connectivity index (χ4n) is 3.30. The highest BCUT2D eigenvalue weighted by Gasteiger charge is 2.19. The van der Waals surface area contributed by atoms with Crippen LogP contribution in [0.15, 0.2) is 58.0 Å². The Bertz CT molecular complexity index is 1160. The van der Waals surface area contributed by atoms with Crippen molar-refractivity contribution in [2.75, 3.05) is 0 Å². The molecule has 2 amide bonds. The van der Waals surface area contributed by atoms with E-state index in [4.69, 9.17) is 4.42 Å². The number of nitrogens with one attached hydrogen (secondary N) is 3. The lowest BCUT2D eigenvalue weighted by molar-refractivity contribution is 0.0849. The van der Waals surface area contributed by atoms with Crippen molar-refractivity contribution in [3.05, 3.63) is 75.4 Å². The van der Waals surface area contributed by atoms with Crippen LogP contribution in [0.3, 0.4) is 0 Å². The zero-order valence-corrected chi connectivity index (χ0v) is 18.1. The Morgan fingerprint density at radius 2 is 1.74 bits per heavy atom. The summed E-state index contributed by atoms with van der Waals surface area (Å²) >= 11 is 1.46. The Morgan fingerprint density at radius 3 is 2.45 bits per heavy atom. The SMILES string of the molecule is O=C(NNC(=O)c1cc2c(s1)CCCC2)c1ccc(S(=O)(=O)NCc2ccco2)cc1. The van der Waals surface area contributed by atoms with Gasteiger partial charge in [0.15, 0.2) is 0 Å². The molecule has 1 aliphatic carbocycles. The van der Waals surface area contributed by atoms with Gasteiger partial charge in [0.2, 0.25) is 10.0 Å². The molecule has 0 saturated heterocycles. The molecule has 8 nitrogen and oxygen atoms in total. The predicted octanol–water partition coefficient (Wildman–Crippen LogP) is 2.77. The lowest BCUT2D eigenvalue weighted by atomic mass is 9.99. The van der Waals surface area contributed by atoms with Gasteiger partial charge in [-0.25, -0.2) is 13.1 Å². The number of sulfonamides is 1. The van der Waals surface area contributed by atoms with E-state index in [1.54, 1.807) is 12.1 Å². The van der Waals surface area contributed by atoms with Crippen molar-refractivity contribution in [1.82, 2.24) is 15.6 Å². The normalized spacial score (nSPS) is 13.4. The van der Waals surface area contributed by atoms with Gasteiger partial charge in [-0.3, -0.25) is 20.4 Å². The third-order valence-electron chi connectivity index (χ3n) is 4.95. The second kappa shape index (κ2) is 9.04. The summed E-state index contributed by atoms with van der Waals surface area (Å²) in [4.78, 5) is 26.5. The first kappa shape index (κ1) is 21.3. The van der Waals surface area contributed by atoms with Crippen molar-refractivity contribution in [2.45, 2.75) is 37.1 Å². The van der Waals surface area contributed by atoms with Crippen LogP contribution in [0, 0.1) is 0 Å². The van der Waals surface area contributed by atoms with Gasteiger partial charge in [0, 0.05) is 10.4 Å².